The Morgan fingerprint density at radius 1 is 1.35 bits per heavy atom. The first-order valence-corrected chi connectivity index (χ1v) is 6.05. The minimum Gasteiger partial charge on any atom is -0.383 e. The summed E-state index contributed by atoms with van der Waals surface area (Å²) in [4.78, 5) is 20.8. The second-order valence-corrected chi connectivity index (χ2v) is 4.02. The lowest BCUT2D eigenvalue weighted by molar-refractivity contribution is 0.112. The van der Waals surface area contributed by atoms with E-state index < -0.39 is 0 Å². The first-order valence-electron chi connectivity index (χ1n) is 6.05. The number of nitrogens with two attached hydrogens (primary N) is 1. The van der Waals surface area contributed by atoms with Gasteiger partial charge in [-0.15, -0.1) is 0 Å². The van der Waals surface area contributed by atoms with Gasteiger partial charge in [0.2, 0.25) is 0 Å². The molecule has 2 rings (SSSR count). The fourth-order valence-corrected chi connectivity index (χ4v) is 1.69. The van der Waals surface area contributed by atoms with Crippen molar-refractivity contribution >= 4 is 17.9 Å². The molecule has 1 aliphatic heterocycles. The Morgan fingerprint density at radius 3 is 2.47 bits per heavy atom. The first-order chi connectivity index (χ1) is 8.24. The van der Waals surface area contributed by atoms with Crippen molar-refractivity contribution in [2.45, 2.75) is 33.1 Å². The maximum atomic E-state index is 10.8. The van der Waals surface area contributed by atoms with E-state index in [1.165, 1.54) is 12.7 Å². The lowest BCUT2D eigenvalue weighted by Crippen LogP contribution is -2.21. The van der Waals surface area contributed by atoms with Crippen molar-refractivity contribution in [2.75, 3.05) is 23.7 Å². The average molecular weight is 236 g/mol. The maximum Gasteiger partial charge on any atom is 0.157 e. The van der Waals surface area contributed by atoms with Gasteiger partial charge in [0.05, 0.1) is 5.56 Å². The molecule has 1 saturated heterocycles. The van der Waals surface area contributed by atoms with Crippen LogP contribution in [-0.4, -0.2) is 29.3 Å². The van der Waals surface area contributed by atoms with Crippen molar-refractivity contribution < 1.29 is 4.79 Å². The maximum absolute atomic E-state index is 10.8. The van der Waals surface area contributed by atoms with E-state index in [9.17, 15) is 4.79 Å². The molecule has 0 saturated carbocycles. The molecule has 94 valence electrons. The van der Waals surface area contributed by atoms with Crippen molar-refractivity contribution in [1.29, 1.82) is 0 Å². The third-order valence-electron chi connectivity index (χ3n) is 2.42. The molecule has 0 aliphatic carbocycles. The van der Waals surface area contributed by atoms with Gasteiger partial charge < -0.3 is 10.6 Å². The molecule has 5 nitrogen and oxygen atoms in total. The Kier molecular flexibility index (Phi) is 5.39. The highest BCUT2D eigenvalue weighted by Gasteiger charge is 2.18. The van der Waals surface area contributed by atoms with Gasteiger partial charge in [0, 0.05) is 13.1 Å². The highest BCUT2D eigenvalue weighted by molar-refractivity contribution is 5.88. The van der Waals surface area contributed by atoms with E-state index in [0.717, 1.165) is 32.2 Å². The minimum absolute atomic E-state index is 0.261. The van der Waals surface area contributed by atoms with Crippen LogP contribution in [0.4, 0.5) is 11.6 Å². The van der Waals surface area contributed by atoms with Gasteiger partial charge >= 0.3 is 0 Å². The summed E-state index contributed by atoms with van der Waals surface area (Å²) in [5.41, 5.74) is 6.00. The Hall–Kier alpha value is -1.65. The number of aldehydes is 1. The van der Waals surface area contributed by atoms with Crippen LogP contribution in [0.15, 0.2) is 6.33 Å². The van der Waals surface area contributed by atoms with Gasteiger partial charge in [0.15, 0.2) is 6.29 Å². The molecule has 1 aromatic rings. The van der Waals surface area contributed by atoms with Crippen LogP contribution in [0.5, 0.6) is 0 Å². The van der Waals surface area contributed by atoms with E-state index in [-0.39, 0.29) is 5.82 Å². The van der Waals surface area contributed by atoms with E-state index in [4.69, 9.17) is 5.73 Å². The Morgan fingerprint density at radius 2 is 1.94 bits per heavy atom. The van der Waals surface area contributed by atoms with Crippen LogP contribution in [0.3, 0.4) is 0 Å². The summed E-state index contributed by atoms with van der Waals surface area (Å²) in [7, 11) is 0. The monoisotopic (exact) mass is 236 g/mol. The molecule has 0 aromatic carbocycles. The van der Waals surface area contributed by atoms with E-state index in [2.05, 4.69) is 28.7 Å². The van der Waals surface area contributed by atoms with Crippen LogP contribution < -0.4 is 10.6 Å². The first kappa shape index (κ1) is 13.4. The molecular weight excluding hydrogens is 216 g/mol. The van der Waals surface area contributed by atoms with Gasteiger partial charge in [-0.3, -0.25) is 4.79 Å². The predicted octanol–water partition coefficient (Wildman–Crippen LogP) is 1.89. The number of hydrogen-bond donors (Lipinski definition) is 1. The molecule has 0 spiro atoms. The van der Waals surface area contributed by atoms with Gasteiger partial charge in [0.1, 0.15) is 18.0 Å². The fraction of sp³-hybridized carbons (Fsp3) is 0.583. The lowest BCUT2D eigenvalue weighted by atomic mass is 10.3. The zero-order chi connectivity index (χ0) is 12.7. The van der Waals surface area contributed by atoms with Crippen LogP contribution in [-0.2, 0) is 0 Å². The number of rotatable bonds is 2. The van der Waals surface area contributed by atoms with Gasteiger partial charge in [-0.25, -0.2) is 9.97 Å². The molecule has 17 heavy (non-hydrogen) atoms. The summed E-state index contributed by atoms with van der Waals surface area (Å²) < 4.78 is 0. The highest BCUT2D eigenvalue weighted by Crippen LogP contribution is 2.22. The molecule has 0 radical (unpaired) electrons. The van der Waals surface area contributed by atoms with Crippen molar-refractivity contribution in [2.24, 2.45) is 0 Å². The molecule has 1 aromatic heterocycles. The van der Waals surface area contributed by atoms with Crippen molar-refractivity contribution in [3.05, 3.63) is 11.9 Å². The minimum atomic E-state index is 0.261. The number of aromatic nitrogens is 2. The lowest BCUT2D eigenvalue weighted by Gasteiger charge is -2.17. The second kappa shape index (κ2) is 6.83. The summed E-state index contributed by atoms with van der Waals surface area (Å²) in [5.74, 6) is 0.932. The number of nitrogens with zero attached hydrogens (tertiary/aromatic N) is 3. The van der Waals surface area contributed by atoms with Crippen molar-refractivity contribution in [3.8, 4) is 0 Å². The number of anilines is 2. The third-order valence-corrected chi connectivity index (χ3v) is 2.42. The quantitative estimate of drug-likeness (QED) is 0.794. The van der Waals surface area contributed by atoms with Gasteiger partial charge in [-0.05, 0) is 12.8 Å². The Balaban J connectivity index is 0.000000437. The second-order valence-electron chi connectivity index (χ2n) is 4.02. The van der Waals surface area contributed by atoms with E-state index in [1.807, 2.05) is 0 Å². The number of hydrogen-bond acceptors (Lipinski definition) is 5. The molecule has 0 atom stereocenters. The standard InChI is InChI=1S/C9H12N4O.C3H8/c10-8-7(5-14)9(12-6-11-8)13-3-1-2-4-13;1-3-2/h5-6H,1-4H2,(H2,10,11,12);3H2,1-2H3. The SMILES string of the molecule is CCC.Nc1ncnc(N2CCCC2)c1C=O. The average Bonchev–Trinajstić information content (AvgIpc) is 2.83. The fourth-order valence-electron chi connectivity index (χ4n) is 1.69. The van der Waals surface area contributed by atoms with E-state index in [0.29, 0.717) is 11.4 Å². The predicted molar refractivity (Wildman–Crippen MR) is 69.2 cm³/mol. The zero-order valence-electron chi connectivity index (χ0n) is 10.5. The third kappa shape index (κ3) is 3.41. The molecule has 0 unspecified atom stereocenters. The molecule has 2 heterocycles. The summed E-state index contributed by atoms with van der Waals surface area (Å²) in [5, 5.41) is 0. The highest BCUT2D eigenvalue weighted by atomic mass is 16.1. The van der Waals surface area contributed by atoms with Crippen LogP contribution in [0.2, 0.25) is 0 Å². The summed E-state index contributed by atoms with van der Waals surface area (Å²) in [6, 6.07) is 0. The number of carbonyl (C=O) groups is 1. The topological polar surface area (TPSA) is 72.1 Å². The molecule has 1 aliphatic rings. The van der Waals surface area contributed by atoms with Gasteiger partial charge in [-0.2, -0.15) is 0 Å². The summed E-state index contributed by atoms with van der Waals surface area (Å²) >= 11 is 0. The van der Waals surface area contributed by atoms with Crippen molar-refractivity contribution in [3.63, 3.8) is 0 Å². The molecule has 0 amide bonds. The smallest absolute Gasteiger partial charge is 0.157 e. The summed E-state index contributed by atoms with van der Waals surface area (Å²) in [6.45, 7) is 6.13. The largest absolute Gasteiger partial charge is 0.383 e. The summed E-state index contributed by atoms with van der Waals surface area (Å²) in [6.07, 6.45) is 5.66. The van der Waals surface area contributed by atoms with Crippen LogP contribution in [0.25, 0.3) is 0 Å². The van der Waals surface area contributed by atoms with Crippen LogP contribution >= 0.6 is 0 Å². The van der Waals surface area contributed by atoms with Gasteiger partial charge in [-0.1, -0.05) is 20.3 Å². The Bertz CT molecular complexity index is 362. The van der Waals surface area contributed by atoms with Crippen LogP contribution in [0.1, 0.15) is 43.5 Å². The molecule has 5 heteroatoms. The Labute approximate surface area is 102 Å². The number of carbonyl (C=O) groups excluding carboxylic acids is 1. The van der Waals surface area contributed by atoms with Crippen molar-refractivity contribution in [1.82, 2.24) is 9.97 Å². The molecule has 1 fully saturated rings. The van der Waals surface area contributed by atoms with E-state index >= 15 is 0 Å². The normalized spacial score (nSPS) is 14.1. The van der Waals surface area contributed by atoms with E-state index in [1.54, 1.807) is 0 Å². The zero-order valence-corrected chi connectivity index (χ0v) is 10.5. The number of nitrogen functional groups attached to an aromatic ring is 1. The molecular formula is C12H20N4O. The van der Waals surface area contributed by atoms with Gasteiger partial charge in [0.25, 0.3) is 0 Å². The molecule has 0 bridgehead atoms. The van der Waals surface area contributed by atoms with Crippen LogP contribution in [0, 0.1) is 0 Å². The molecule has 2 N–H and O–H groups in total.